The number of aromatic amines is 1. The number of aryl methyl sites for hydroxylation is 1. The number of aromatic nitrogens is 4. The Labute approximate surface area is 196 Å². The maximum absolute atomic E-state index is 13.4. The number of piperazine rings is 1. The first-order valence-electron chi connectivity index (χ1n) is 11.9. The molecule has 2 aromatic rings. The lowest BCUT2D eigenvalue weighted by Gasteiger charge is -2.38. The molecule has 3 aliphatic heterocycles. The fourth-order valence-electron chi connectivity index (χ4n) is 6.32. The number of hydrogen-bond donors (Lipinski definition) is 2. The second-order valence-corrected chi connectivity index (χ2v) is 9.73. The molecule has 3 fully saturated rings. The van der Waals surface area contributed by atoms with Crippen molar-refractivity contribution in [3.05, 3.63) is 29.3 Å². The number of tetrazole rings is 1. The van der Waals surface area contributed by atoms with E-state index in [2.05, 4.69) is 48.6 Å². The number of nitriles is 1. The highest BCUT2D eigenvalue weighted by Crippen LogP contribution is 2.44. The number of H-pyrrole nitrogens is 1. The molecular weight excluding hydrogens is 434 g/mol. The lowest BCUT2D eigenvalue weighted by molar-refractivity contribution is -0.141. The molecule has 4 heterocycles. The summed E-state index contributed by atoms with van der Waals surface area (Å²) in [5.41, 5.74) is 9.61. The van der Waals surface area contributed by atoms with Gasteiger partial charge in [0.1, 0.15) is 6.04 Å². The van der Waals surface area contributed by atoms with Gasteiger partial charge in [0.25, 0.3) is 0 Å². The predicted octanol–water partition coefficient (Wildman–Crippen LogP) is -0.0190. The normalized spacial score (nSPS) is 29.0. The average Bonchev–Trinajstić information content (AvgIpc) is 3.66. The van der Waals surface area contributed by atoms with Gasteiger partial charge in [0.2, 0.25) is 17.6 Å². The zero-order valence-corrected chi connectivity index (χ0v) is 18.8. The summed E-state index contributed by atoms with van der Waals surface area (Å²) in [6.45, 7) is 1.66. The lowest BCUT2D eigenvalue weighted by Crippen LogP contribution is -2.56. The van der Waals surface area contributed by atoms with Crippen molar-refractivity contribution < 1.29 is 9.59 Å². The number of nitrogens with one attached hydrogen (secondary N) is 1. The number of likely N-dealkylation sites (tertiary alicyclic amines) is 3. The predicted molar refractivity (Wildman–Crippen MR) is 120 cm³/mol. The first-order valence-corrected chi connectivity index (χ1v) is 11.9. The zero-order chi connectivity index (χ0) is 23.4. The first kappa shape index (κ1) is 21.2. The van der Waals surface area contributed by atoms with Crippen molar-refractivity contribution in [3.8, 4) is 17.5 Å². The molecule has 34 heavy (non-hydrogen) atoms. The number of amides is 2. The molecule has 0 spiro atoms. The molecule has 3 N–H and O–H groups in total. The van der Waals surface area contributed by atoms with E-state index in [1.54, 1.807) is 4.90 Å². The van der Waals surface area contributed by atoms with Gasteiger partial charge in [0.05, 0.1) is 24.2 Å². The Balaban J connectivity index is 1.13. The van der Waals surface area contributed by atoms with Crippen molar-refractivity contribution in [1.82, 2.24) is 35.3 Å². The van der Waals surface area contributed by atoms with Crippen LogP contribution in [0.2, 0.25) is 0 Å². The summed E-state index contributed by atoms with van der Waals surface area (Å²) in [5.74, 6) is 0.518. The number of benzene rings is 1. The van der Waals surface area contributed by atoms with Crippen LogP contribution in [0.5, 0.6) is 0 Å². The molecule has 1 aromatic carbocycles. The van der Waals surface area contributed by atoms with E-state index in [0.717, 1.165) is 37.8 Å². The van der Waals surface area contributed by atoms with Gasteiger partial charge in [-0.1, -0.05) is 12.1 Å². The van der Waals surface area contributed by atoms with E-state index in [1.807, 2.05) is 6.07 Å². The molecule has 1 aromatic heterocycles. The van der Waals surface area contributed by atoms with Crippen molar-refractivity contribution in [3.63, 3.8) is 0 Å². The summed E-state index contributed by atoms with van der Waals surface area (Å²) >= 11 is 0. The van der Waals surface area contributed by atoms with Crippen LogP contribution in [-0.2, 0) is 16.0 Å². The molecule has 3 saturated heterocycles. The number of hydrogen-bond acceptors (Lipinski definition) is 8. The largest absolute Gasteiger partial charge is 0.330 e. The van der Waals surface area contributed by atoms with Gasteiger partial charge < -0.3 is 15.5 Å². The minimum Gasteiger partial charge on any atom is -0.330 e. The SMILES string of the molecule is N#CC1CCCN1C(=O)C(N)CN1CC2C[C@H]1C(=O)N2[C@H]1CCc2cc(-c3nn[nH]n3)ccc21. The second-order valence-electron chi connectivity index (χ2n) is 9.73. The Bertz CT molecular complexity index is 1160. The van der Waals surface area contributed by atoms with Crippen molar-refractivity contribution in [2.75, 3.05) is 19.6 Å². The van der Waals surface area contributed by atoms with Gasteiger partial charge in [-0.3, -0.25) is 14.5 Å². The van der Waals surface area contributed by atoms with Crippen LogP contribution in [0, 0.1) is 11.3 Å². The Morgan fingerprint density at radius 1 is 1.32 bits per heavy atom. The van der Waals surface area contributed by atoms with E-state index in [1.165, 1.54) is 11.1 Å². The zero-order valence-electron chi connectivity index (χ0n) is 18.8. The number of nitrogens with two attached hydrogens (primary N) is 1. The maximum atomic E-state index is 13.4. The summed E-state index contributed by atoms with van der Waals surface area (Å²) < 4.78 is 0. The molecule has 1 aliphatic carbocycles. The summed E-state index contributed by atoms with van der Waals surface area (Å²) in [5, 5.41) is 23.5. The topological polar surface area (TPSA) is 148 Å². The van der Waals surface area contributed by atoms with Gasteiger partial charge in [-0.2, -0.15) is 10.5 Å². The fourth-order valence-corrected chi connectivity index (χ4v) is 6.32. The quantitative estimate of drug-likeness (QED) is 0.631. The number of carbonyl (C=O) groups excluding carboxylic acids is 2. The molecule has 2 amide bonds. The average molecular weight is 462 g/mol. The summed E-state index contributed by atoms with van der Waals surface area (Å²) in [7, 11) is 0. The molecule has 0 radical (unpaired) electrons. The van der Waals surface area contributed by atoms with Crippen molar-refractivity contribution in [1.29, 1.82) is 5.26 Å². The molecule has 11 heteroatoms. The van der Waals surface area contributed by atoms with E-state index < -0.39 is 6.04 Å². The van der Waals surface area contributed by atoms with Crippen molar-refractivity contribution in [2.45, 2.75) is 62.3 Å². The Morgan fingerprint density at radius 3 is 2.97 bits per heavy atom. The monoisotopic (exact) mass is 461 g/mol. The molecule has 2 bridgehead atoms. The van der Waals surface area contributed by atoms with E-state index in [9.17, 15) is 14.9 Å². The van der Waals surface area contributed by atoms with Gasteiger partial charge in [-0.25, -0.2) is 0 Å². The number of nitrogens with zero attached hydrogens (tertiary/aromatic N) is 7. The molecule has 11 nitrogen and oxygen atoms in total. The standard InChI is InChI=1S/C23H27N9O2/c24-10-15-2-1-7-31(15)22(33)18(25)12-30-11-16-9-20(30)23(34)32(16)19-6-4-13-8-14(3-5-17(13)19)21-26-28-29-27-21/h3,5,8,15-16,18-20H,1-2,4,6-7,9,11-12,25H2,(H,26,27,28,29)/t15?,16?,18?,19-,20-/m0/s1. The van der Waals surface area contributed by atoms with Gasteiger partial charge >= 0.3 is 0 Å². The van der Waals surface area contributed by atoms with E-state index in [4.69, 9.17) is 5.73 Å². The van der Waals surface area contributed by atoms with Crippen LogP contribution in [0.4, 0.5) is 0 Å². The minimum absolute atomic E-state index is 0.0789. The van der Waals surface area contributed by atoms with Crippen LogP contribution in [0.25, 0.3) is 11.4 Å². The maximum Gasteiger partial charge on any atom is 0.241 e. The van der Waals surface area contributed by atoms with Crippen LogP contribution in [0.1, 0.15) is 42.9 Å². The van der Waals surface area contributed by atoms with E-state index in [-0.39, 0.29) is 36.0 Å². The van der Waals surface area contributed by atoms with Gasteiger partial charge in [0, 0.05) is 31.2 Å². The van der Waals surface area contributed by atoms with Crippen LogP contribution < -0.4 is 5.73 Å². The van der Waals surface area contributed by atoms with Gasteiger partial charge in [-0.05, 0) is 54.5 Å². The minimum atomic E-state index is -0.717. The van der Waals surface area contributed by atoms with Crippen LogP contribution in [0.3, 0.4) is 0 Å². The third kappa shape index (κ3) is 3.28. The number of rotatable bonds is 5. The number of carbonyl (C=O) groups is 2. The van der Waals surface area contributed by atoms with Crippen LogP contribution in [-0.4, -0.2) is 90.9 Å². The fraction of sp³-hybridized carbons (Fsp3) is 0.565. The third-order valence-corrected chi connectivity index (χ3v) is 7.88. The summed E-state index contributed by atoms with van der Waals surface area (Å²) in [4.78, 5) is 32.0. The van der Waals surface area contributed by atoms with Crippen LogP contribution in [0.15, 0.2) is 18.2 Å². The molecule has 5 atom stereocenters. The first-order chi connectivity index (χ1) is 16.5. The van der Waals surface area contributed by atoms with Crippen molar-refractivity contribution in [2.24, 2.45) is 5.73 Å². The number of fused-ring (bicyclic) bond motifs is 3. The Kier molecular flexibility index (Phi) is 5.08. The van der Waals surface area contributed by atoms with Crippen molar-refractivity contribution >= 4 is 11.8 Å². The second kappa shape index (κ2) is 8.14. The Hall–Kier alpha value is -3.36. The smallest absolute Gasteiger partial charge is 0.241 e. The molecule has 176 valence electrons. The highest BCUT2D eigenvalue weighted by Gasteiger charge is 2.53. The van der Waals surface area contributed by atoms with E-state index in [0.29, 0.717) is 25.3 Å². The lowest BCUT2D eigenvalue weighted by atomic mass is 10.0. The third-order valence-electron chi connectivity index (χ3n) is 7.88. The van der Waals surface area contributed by atoms with Crippen LogP contribution >= 0.6 is 0 Å². The Morgan fingerprint density at radius 2 is 2.21 bits per heavy atom. The van der Waals surface area contributed by atoms with E-state index >= 15 is 0 Å². The molecule has 3 unspecified atom stereocenters. The molecular formula is C23H27N9O2. The van der Waals surface area contributed by atoms with Gasteiger partial charge in [-0.15, -0.1) is 10.2 Å². The molecule has 0 saturated carbocycles. The highest BCUT2D eigenvalue weighted by molar-refractivity contribution is 5.87. The van der Waals surface area contributed by atoms with Gasteiger partial charge in [0.15, 0.2) is 0 Å². The summed E-state index contributed by atoms with van der Waals surface area (Å²) in [6, 6.07) is 7.26. The molecule has 4 aliphatic rings. The highest BCUT2D eigenvalue weighted by atomic mass is 16.2. The molecule has 6 rings (SSSR count). The summed E-state index contributed by atoms with van der Waals surface area (Å²) in [6.07, 6.45) is 4.12.